The number of hydrogen-bond donors (Lipinski definition) is 0. The van der Waals surface area contributed by atoms with Gasteiger partial charge in [-0.15, -0.1) is 0 Å². The van der Waals surface area contributed by atoms with E-state index in [1.807, 2.05) is 6.07 Å². The van der Waals surface area contributed by atoms with Crippen LogP contribution in [0, 0.1) is 23.5 Å². The third kappa shape index (κ3) is 5.00. The zero-order valence-corrected chi connectivity index (χ0v) is 18.5. The number of aryl methyl sites for hydroxylation is 1. The Morgan fingerprint density at radius 2 is 1.42 bits per heavy atom. The highest BCUT2D eigenvalue weighted by Crippen LogP contribution is 2.37. The SMILES string of the molecule is CCCCCCCc1ccc2c(c1)Cc1cc(C#Cc3cc(F)c(Cl)c(F)c3)ccc1-2. The van der Waals surface area contributed by atoms with Gasteiger partial charge in [-0.05, 0) is 71.3 Å². The molecule has 1 aliphatic rings. The van der Waals surface area contributed by atoms with Gasteiger partial charge in [0.25, 0.3) is 0 Å². The van der Waals surface area contributed by atoms with Crippen molar-refractivity contribution >= 4 is 11.6 Å². The summed E-state index contributed by atoms with van der Waals surface area (Å²) in [6.07, 6.45) is 8.51. The second kappa shape index (κ2) is 9.67. The molecule has 0 aliphatic heterocycles. The molecule has 0 nitrogen and oxygen atoms in total. The minimum Gasteiger partial charge on any atom is -0.205 e. The van der Waals surface area contributed by atoms with E-state index < -0.39 is 16.7 Å². The molecule has 0 aromatic heterocycles. The van der Waals surface area contributed by atoms with Crippen LogP contribution in [0.1, 0.15) is 66.8 Å². The van der Waals surface area contributed by atoms with Crippen LogP contribution < -0.4 is 0 Å². The summed E-state index contributed by atoms with van der Waals surface area (Å²) in [6.45, 7) is 2.24. The molecule has 158 valence electrons. The van der Waals surface area contributed by atoms with E-state index in [2.05, 4.69) is 49.1 Å². The summed E-state index contributed by atoms with van der Waals surface area (Å²) in [5, 5.41) is -0.499. The van der Waals surface area contributed by atoms with Gasteiger partial charge < -0.3 is 0 Å². The van der Waals surface area contributed by atoms with Crippen LogP contribution in [-0.4, -0.2) is 0 Å². The van der Waals surface area contributed by atoms with Crippen LogP contribution >= 0.6 is 11.6 Å². The third-order valence-corrected chi connectivity index (χ3v) is 6.21. The zero-order valence-electron chi connectivity index (χ0n) is 17.7. The molecule has 0 spiro atoms. The molecule has 4 rings (SSSR count). The molecule has 31 heavy (non-hydrogen) atoms. The Kier molecular flexibility index (Phi) is 6.73. The lowest BCUT2D eigenvalue weighted by Gasteiger charge is -2.06. The smallest absolute Gasteiger partial charge is 0.146 e. The molecule has 0 saturated heterocycles. The topological polar surface area (TPSA) is 0 Å². The van der Waals surface area contributed by atoms with E-state index >= 15 is 0 Å². The van der Waals surface area contributed by atoms with E-state index in [1.54, 1.807) is 0 Å². The van der Waals surface area contributed by atoms with E-state index in [-0.39, 0.29) is 5.56 Å². The van der Waals surface area contributed by atoms with Gasteiger partial charge in [-0.1, -0.05) is 80.3 Å². The van der Waals surface area contributed by atoms with E-state index in [0.717, 1.165) is 30.5 Å². The van der Waals surface area contributed by atoms with Gasteiger partial charge in [0.15, 0.2) is 0 Å². The van der Waals surface area contributed by atoms with Crippen molar-refractivity contribution in [2.75, 3.05) is 0 Å². The lowest BCUT2D eigenvalue weighted by atomic mass is 9.99. The Morgan fingerprint density at radius 1 is 0.774 bits per heavy atom. The Morgan fingerprint density at radius 3 is 2.16 bits per heavy atom. The van der Waals surface area contributed by atoms with Gasteiger partial charge in [0, 0.05) is 11.1 Å². The summed E-state index contributed by atoms with van der Waals surface area (Å²) >= 11 is 5.54. The minimum absolute atomic E-state index is 0.270. The molecule has 3 aromatic carbocycles. The number of unbranched alkanes of at least 4 members (excludes halogenated alkanes) is 4. The van der Waals surface area contributed by atoms with Crippen molar-refractivity contribution in [3.63, 3.8) is 0 Å². The Labute approximate surface area is 188 Å². The van der Waals surface area contributed by atoms with Crippen LogP contribution in [0.25, 0.3) is 11.1 Å². The fraction of sp³-hybridized carbons (Fsp3) is 0.286. The van der Waals surface area contributed by atoms with Gasteiger partial charge in [-0.25, -0.2) is 8.78 Å². The molecule has 0 atom stereocenters. The lowest BCUT2D eigenvalue weighted by Crippen LogP contribution is -1.89. The molecule has 0 bridgehead atoms. The molecule has 0 unspecified atom stereocenters. The van der Waals surface area contributed by atoms with Crippen LogP contribution in [0.4, 0.5) is 8.78 Å². The largest absolute Gasteiger partial charge is 0.205 e. The van der Waals surface area contributed by atoms with Gasteiger partial charge in [-0.3, -0.25) is 0 Å². The van der Waals surface area contributed by atoms with Gasteiger partial charge in [0.05, 0.1) is 0 Å². The molecule has 3 heteroatoms. The van der Waals surface area contributed by atoms with Crippen molar-refractivity contribution in [2.45, 2.75) is 51.9 Å². The highest BCUT2D eigenvalue weighted by molar-refractivity contribution is 6.30. The van der Waals surface area contributed by atoms with Crippen molar-refractivity contribution in [1.82, 2.24) is 0 Å². The number of rotatable bonds is 6. The first-order chi connectivity index (χ1) is 15.0. The van der Waals surface area contributed by atoms with E-state index in [1.165, 1.54) is 59.9 Å². The first-order valence-electron chi connectivity index (χ1n) is 11.0. The quantitative estimate of drug-likeness (QED) is 0.163. The summed E-state index contributed by atoms with van der Waals surface area (Å²) in [7, 11) is 0. The maximum atomic E-state index is 13.6. The third-order valence-electron chi connectivity index (χ3n) is 5.85. The van der Waals surface area contributed by atoms with E-state index in [9.17, 15) is 8.78 Å². The number of hydrogen-bond acceptors (Lipinski definition) is 0. The maximum Gasteiger partial charge on any atom is 0.146 e. The molecule has 0 amide bonds. The molecular weight excluding hydrogens is 410 g/mol. The maximum absolute atomic E-state index is 13.6. The van der Waals surface area contributed by atoms with Gasteiger partial charge >= 0.3 is 0 Å². The monoisotopic (exact) mass is 434 g/mol. The summed E-state index contributed by atoms with van der Waals surface area (Å²) in [5.41, 5.74) is 7.67. The fourth-order valence-electron chi connectivity index (χ4n) is 4.20. The summed E-state index contributed by atoms with van der Waals surface area (Å²) in [6, 6.07) is 15.3. The van der Waals surface area contributed by atoms with Gasteiger partial charge in [-0.2, -0.15) is 0 Å². The average Bonchev–Trinajstić information content (AvgIpc) is 3.12. The van der Waals surface area contributed by atoms with Crippen molar-refractivity contribution in [1.29, 1.82) is 0 Å². The Balaban J connectivity index is 1.48. The lowest BCUT2D eigenvalue weighted by molar-refractivity contribution is 0.583. The van der Waals surface area contributed by atoms with Crippen molar-refractivity contribution in [3.05, 3.63) is 93.0 Å². The highest BCUT2D eigenvalue weighted by Gasteiger charge is 2.18. The first kappa shape index (κ1) is 21.6. The highest BCUT2D eigenvalue weighted by atomic mass is 35.5. The number of fused-ring (bicyclic) bond motifs is 3. The van der Waals surface area contributed by atoms with Gasteiger partial charge in [0.2, 0.25) is 0 Å². The molecular formula is C28H25ClF2. The second-order valence-corrected chi connectivity index (χ2v) is 8.59. The number of halogens is 3. The molecule has 1 aliphatic carbocycles. The molecule has 0 fully saturated rings. The van der Waals surface area contributed by atoms with Crippen molar-refractivity contribution in [3.8, 4) is 23.0 Å². The minimum atomic E-state index is -0.795. The van der Waals surface area contributed by atoms with E-state index in [0.29, 0.717) is 0 Å². The summed E-state index contributed by atoms with van der Waals surface area (Å²) in [4.78, 5) is 0. The van der Waals surface area contributed by atoms with Crippen molar-refractivity contribution in [2.24, 2.45) is 0 Å². The Bertz CT molecular complexity index is 1140. The van der Waals surface area contributed by atoms with Crippen LogP contribution in [0.15, 0.2) is 48.5 Å². The van der Waals surface area contributed by atoms with Crippen LogP contribution in [0.3, 0.4) is 0 Å². The molecule has 0 N–H and O–H groups in total. The summed E-state index contributed by atoms with van der Waals surface area (Å²) in [5.74, 6) is 4.27. The fourth-order valence-corrected chi connectivity index (χ4v) is 4.31. The van der Waals surface area contributed by atoms with Crippen LogP contribution in [0.2, 0.25) is 5.02 Å². The standard InChI is InChI=1S/C28H25ClF2/c1-2-3-4-5-6-7-19-10-12-24-22(14-19)18-23-15-20(11-13-25(23)24)8-9-21-16-26(30)28(29)27(31)17-21/h10-17H,2-7,18H2,1H3. The van der Waals surface area contributed by atoms with E-state index in [4.69, 9.17) is 11.6 Å². The van der Waals surface area contributed by atoms with Crippen molar-refractivity contribution < 1.29 is 8.78 Å². The second-order valence-electron chi connectivity index (χ2n) is 8.21. The Hall–Kier alpha value is -2.63. The molecule has 0 saturated carbocycles. The van der Waals surface area contributed by atoms with Crippen LogP contribution in [-0.2, 0) is 12.8 Å². The first-order valence-corrected chi connectivity index (χ1v) is 11.3. The predicted molar refractivity (Wildman–Crippen MR) is 124 cm³/mol. The average molecular weight is 435 g/mol. The normalized spacial score (nSPS) is 11.6. The molecule has 0 radical (unpaired) electrons. The van der Waals surface area contributed by atoms with Crippen LogP contribution in [0.5, 0.6) is 0 Å². The summed E-state index contributed by atoms with van der Waals surface area (Å²) < 4.78 is 27.2. The number of benzene rings is 3. The van der Waals surface area contributed by atoms with Gasteiger partial charge in [0.1, 0.15) is 16.7 Å². The molecule has 3 aromatic rings. The molecule has 0 heterocycles. The zero-order chi connectivity index (χ0) is 21.8. The predicted octanol–water partition coefficient (Wildman–Crippen LogP) is 8.10.